The van der Waals surface area contributed by atoms with Crippen LogP contribution in [0.2, 0.25) is 0 Å². The van der Waals surface area contributed by atoms with Crippen LogP contribution in [0.4, 0.5) is 10.1 Å². The Balaban J connectivity index is 2.76. The number of rotatable bonds is 4. The Morgan fingerprint density at radius 2 is 1.58 bits per heavy atom. The molecule has 0 saturated carbocycles. The lowest BCUT2D eigenvalue weighted by Gasteiger charge is -2.53. The van der Waals surface area contributed by atoms with Crippen LogP contribution in [-0.2, 0) is 12.0 Å². The zero-order valence-corrected chi connectivity index (χ0v) is 18.4. The Bertz CT molecular complexity index is 615. The second-order valence-electron chi connectivity index (χ2n) is 10.8. The van der Waals surface area contributed by atoms with Gasteiger partial charge in [-0.25, -0.2) is 4.39 Å². The molecule has 1 aromatic carbocycles. The van der Waals surface area contributed by atoms with Gasteiger partial charge in [-0.05, 0) is 48.8 Å². The number of nitrogens with zero attached hydrogens (tertiary/aromatic N) is 1. The molecule has 0 fully saturated rings. The van der Waals surface area contributed by atoms with E-state index in [2.05, 4.69) is 90.7 Å². The first kappa shape index (κ1) is 21.2. The molecule has 0 atom stereocenters. The molecule has 0 amide bonds. The summed E-state index contributed by atoms with van der Waals surface area (Å²) in [5.41, 5.74) is 4.37. The zero-order valence-electron chi connectivity index (χ0n) is 18.4. The molecule has 0 spiro atoms. The normalized spacial score (nSPS) is 17.5. The van der Waals surface area contributed by atoms with Crippen molar-refractivity contribution >= 4 is 5.69 Å². The van der Waals surface area contributed by atoms with Crippen molar-refractivity contribution in [3.63, 3.8) is 0 Å². The first-order chi connectivity index (χ1) is 11.8. The van der Waals surface area contributed by atoms with Gasteiger partial charge in [-0.2, -0.15) is 0 Å². The van der Waals surface area contributed by atoms with E-state index in [-0.39, 0.29) is 28.5 Å². The van der Waals surface area contributed by atoms with E-state index in [1.54, 1.807) is 0 Å². The largest absolute Gasteiger partial charge is 0.366 e. The third-order valence-electron chi connectivity index (χ3n) is 6.20. The quantitative estimate of drug-likeness (QED) is 0.692. The number of hydrogen-bond acceptors (Lipinski definition) is 2. The molecule has 1 N–H and O–H groups in total. The van der Waals surface area contributed by atoms with Crippen molar-refractivity contribution in [2.75, 3.05) is 24.7 Å². The van der Waals surface area contributed by atoms with Crippen molar-refractivity contribution in [2.24, 2.45) is 10.8 Å². The smallest absolute Gasteiger partial charge is 0.102 e. The van der Waals surface area contributed by atoms with Crippen LogP contribution in [0.1, 0.15) is 73.4 Å². The molecule has 1 aromatic rings. The molecule has 26 heavy (non-hydrogen) atoms. The summed E-state index contributed by atoms with van der Waals surface area (Å²) in [6.07, 6.45) is 0. The molecule has 3 heteroatoms. The highest BCUT2D eigenvalue weighted by atomic mass is 19.1. The fourth-order valence-corrected chi connectivity index (χ4v) is 5.09. The van der Waals surface area contributed by atoms with Gasteiger partial charge in [0.1, 0.15) is 6.67 Å². The molecule has 148 valence electrons. The van der Waals surface area contributed by atoms with Crippen LogP contribution in [0.25, 0.3) is 0 Å². The van der Waals surface area contributed by atoms with Gasteiger partial charge in [-0.1, -0.05) is 53.7 Å². The topological polar surface area (TPSA) is 15.3 Å². The van der Waals surface area contributed by atoms with Crippen molar-refractivity contribution in [3.05, 3.63) is 29.3 Å². The Morgan fingerprint density at radius 3 is 2.04 bits per heavy atom. The van der Waals surface area contributed by atoms with Gasteiger partial charge in [0.15, 0.2) is 0 Å². The molecule has 1 heterocycles. The van der Waals surface area contributed by atoms with E-state index in [0.717, 1.165) is 13.1 Å². The Hall–Kier alpha value is -1.09. The zero-order chi connectivity index (χ0) is 20.0. The minimum atomic E-state index is -0.327. The van der Waals surface area contributed by atoms with Crippen LogP contribution in [0.3, 0.4) is 0 Å². The summed E-state index contributed by atoms with van der Waals surface area (Å²) in [5.74, 6) is 0. The lowest BCUT2D eigenvalue weighted by molar-refractivity contribution is 0.0627. The average Bonchev–Trinajstić information content (AvgIpc) is 2.84. The van der Waals surface area contributed by atoms with Gasteiger partial charge in [0, 0.05) is 36.3 Å². The standard InChI is InChI=1S/C23H39FN2/c1-20(2,3)23(21(4,5)6)16-26(22(7,8)9)18-12-10-11-17(19(18)23)15-25-14-13-24/h10-12,25H,13-16H2,1-9H3. The number of halogens is 1. The van der Waals surface area contributed by atoms with Gasteiger partial charge >= 0.3 is 0 Å². The summed E-state index contributed by atoms with van der Waals surface area (Å²) in [6.45, 7) is 23.0. The maximum absolute atomic E-state index is 12.6. The fraction of sp³-hybridized carbons (Fsp3) is 0.739. The minimum Gasteiger partial charge on any atom is -0.366 e. The van der Waals surface area contributed by atoms with E-state index >= 15 is 0 Å². The number of alkyl halides is 1. The van der Waals surface area contributed by atoms with Crippen molar-refractivity contribution < 1.29 is 4.39 Å². The molecule has 0 radical (unpaired) electrons. The highest BCUT2D eigenvalue weighted by Gasteiger charge is 2.58. The molecule has 0 saturated heterocycles. The molecule has 0 bridgehead atoms. The van der Waals surface area contributed by atoms with Gasteiger partial charge in [0.05, 0.1) is 0 Å². The van der Waals surface area contributed by atoms with Crippen LogP contribution in [-0.4, -0.2) is 25.3 Å². The van der Waals surface area contributed by atoms with Crippen molar-refractivity contribution in [1.29, 1.82) is 0 Å². The van der Waals surface area contributed by atoms with Gasteiger partial charge in [0.2, 0.25) is 0 Å². The highest BCUT2D eigenvalue weighted by molar-refractivity contribution is 5.68. The second-order valence-corrected chi connectivity index (χ2v) is 10.8. The van der Waals surface area contributed by atoms with Crippen LogP contribution in [0.5, 0.6) is 0 Å². The van der Waals surface area contributed by atoms with Crippen molar-refractivity contribution in [3.8, 4) is 0 Å². The Morgan fingerprint density at radius 1 is 1.00 bits per heavy atom. The molecule has 0 aliphatic carbocycles. The first-order valence-electron chi connectivity index (χ1n) is 9.94. The van der Waals surface area contributed by atoms with Gasteiger partial charge in [0.25, 0.3) is 0 Å². The number of hydrogen-bond donors (Lipinski definition) is 1. The predicted molar refractivity (Wildman–Crippen MR) is 112 cm³/mol. The predicted octanol–water partition coefficient (Wildman–Crippen LogP) is 5.69. The van der Waals surface area contributed by atoms with E-state index in [1.807, 2.05) is 0 Å². The van der Waals surface area contributed by atoms with Gasteiger partial charge in [-0.3, -0.25) is 0 Å². The minimum absolute atomic E-state index is 0.0105. The molecule has 1 aliphatic heterocycles. The third-order valence-corrected chi connectivity index (χ3v) is 6.20. The highest BCUT2D eigenvalue weighted by Crippen LogP contribution is 2.61. The summed E-state index contributed by atoms with van der Waals surface area (Å²) >= 11 is 0. The number of nitrogens with one attached hydrogen (secondary N) is 1. The average molecular weight is 363 g/mol. The lowest BCUT2D eigenvalue weighted by Crippen LogP contribution is -2.55. The molecule has 0 unspecified atom stereocenters. The van der Waals surface area contributed by atoms with Gasteiger partial charge in [-0.15, -0.1) is 0 Å². The van der Waals surface area contributed by atoms with Crippen molar-refractivity contribution in [2.45, 2.75) is 79.8 Å². The molecule has 2 rings (SSSR count). The van der Waals surface area contributed by atoms with E-state index in [9.17, 15) is 4.39 Å². The van der Waals surface area contributed by atoms with Gasteiger partial charge < -0.3 is 10.2 Å². The monoisotopic (exact) mass is 362 g/mol. The fourth-order valence-electron chi connectivity index (χ4n) is 5.09. The molecular formula is C23H39FN2. The lowest BCUT2D eigenvalue weighted by atomic mass is 9.51. The van der Waals surface area contributed by atoms with Crippen LogP contribution < -0.4 is 10.2 Å². The maximum Gasteiger partial charge on any atom is 0.102 e. The van der Waals surface area contributed by atoms with Crippen molar-refractivity contribution in [1.82, 2.24) is 5.32 Å². The Kier molecular flexibility index (Phi) is 5.56. The summed E-state index contributed by atoms with van der Waals surface area (Å²) in [5, 5.41) is 3.28. The number of fused-ring (bicyclic) bond motifs is 1. The Labute approximate surface area is 160 Å². The number of benzene rings is 1. The van der Waals surface area contributed by atoms with Crippen LogP contribution in [0.15, 0.2) is 18.2 Å². The SMILES string of the molecule is CC(C)(C)N1CC(C(C)(C)C)(C(C)(C)C)c2c(CNCCF)cccc21. The van der Waals surface area contributed by atoms with E-state index < -0.39 is 0 Å². The van der Waals surface area contributed by atoms with E-state index in [4.69, 9.17) is 0 Å². The molecule has 0 aromatic heterocycles. The first-order valence-corrected chi connectivity index (χ1v) is 9.94. The summed E-state index contributed by atoms with van der Waals surface area (Å²) in [6, 6.07) is 6.66. The van der Waals surface area contributed by atoms with Crippen LogP contribution >= 0.6 is 0 Å². The molecule has 2 nitrogen and oxygen atoms in total. The summed E-state index contributed by atoms with van der Waals surface area (Å²) in [7, 11) is 0. The third kappa shape index (κ3) is 3.40. The van der Waals surface area contributed by atoms with Crippen LogP contribution in [0, 0.1) is 10.8 Å². The van der Waals surface area contributed by atoms with E-state index in [0.29, 0.717) is 6.54 Å². The van der Waals surface area contributed by atoms with E-state index in [1.165, 1.54) is 16.8 Å². The second kappa shape index (κ2) is 6.82. The summed E-state index contributed by atoms with van der Waals surface area (Å²) in [4.78, 5) is 2.58. The molecule has 1 aliphatic rings. The summed E-state index contributed by atoms with van der Waals surface area (Å²) < 4.78 is 12.6. The number of anilines is 1. The molecular weight excluding hydrogens is 323 g/mol. The maximum atomic E-state index is 12.6.